The lowest BCUT2D eigenvalue weighted by atomic mass is 9.96. The lowest BCUT2D eigenvalue weighted by molar-refractivity contribution is -0.141. The molecule has 3 amide bonds. The van der Waals surface area contributed by atoms with Crippen LogP contribution in [-0.4, -0.2) is 70.9 Å². The number of piperidine rings is 1. The number of hydrogen-bond acceptors (Lipinski definition) is 4. The predicted molar refractivity (Wildman–Crippen MR) is 88.6 cm³/mol. The molecule has 0 aliphatic carbocycles. The van der Waals surface area contributed by atoms with Crippen LogP contribution in [0.4, 0.5) is 10.5 Å². The molecule has 3 rings (SSSR count). The maximum atomic E-state index is 12.6. The van der Waals surface area contributed by atoms with E-state index in [4.69, 9.17) is 4.74 Å². The van der Waals surface area contributed by atoms with Gasteiger partial charge in [-0.1, -0.05) is 0 Å². The minimum atomic E-state index is -0.162. The van der Waals surface area contributed by atoms with Gasteiger partial charge in [0.25, 0.3) is 0 Å². The zero-order valence-corrected chi connectivity index (χ0v) is 14.1. The fraction of sp³-hybridized carbons (Fsp3) is 0.688. The molecule has 1 unspecified atom stereocenters. The summed E-state index contributed by atoms with van der Waals surface area (Å²) in [7, 11) is 0. The van der Waals surface area contributed by atoms with Crippen LogP contribution >= 0.6 is 0 Å². The molecule has 3 heterocycles. The number of nitrogens with one attached hydrogen (secondary N) is 1. The number of morpholine rings is 1. The van der Waals surface area contributed by atoms with Gasteiger partial charge in [-0.3, -0.25) is 9.48 Å². The highest BCUT2D eigenvalue weighted by Gasteiger charge is 2.31. The van der Waals surface area contributed by atoms with Gasteiger partial charge < -0.3 is 19.9 Å². The number of nitrogens with zero attached hydrogens (tertiary/aromatic N) is 4. The van der Waals surface area contributed by atoms with E-state index in [2.05, 4.69) is 10.4 Å². The molecule has 0 saturated carbocycles. The first-order valence-electron chi connectivity index (χ1n) is 8.62. The topological polar surface area (TPSA) is 79.7 Å². The van der Waals surface area contributed by atoms with Crippen LogP contribution in [0.2, 0.25) is 0 Å². The summed E-state index contributed by atoms with van der Waals surface area (Å²) in [6.07, 6.45) is 5.13. The Kier molecular flexibility index (Phi) is 5.34. The average molecular weight is 335 g/mol. The second kappa shape index (κ2) is 7.65. The molecule has 2 fully saturated rings. The minimum Gasteiger partial charge on any atom is -0.378 e. The molecule has 8 heteroatoms. The van der Waals surface area contributed by atoms with Gasteiger partial charge >= 0.3 is 6.03 Å². The molecule has 0 radical (unpaired) electrons. The second-order valence-corrected chi connectivity index (χ2v) is 6.24. The van der Waals surface area contributed by atoms with E-state index in [1.165, 1.54) is 0 Å². The number of ether oxygens (including phenoxy) is 1. The number of aromatic nitrogens is 2. The normalized spacial score (nSPS) is 21.6. The van der Waals surface area contributed by atoms with Crippen LogP contribution in [0.25, 0.3) is 0 Å². The highest BCUT2D eigenvalue weighted by atomic mass is 16.5. The Morgan fingerprint density at radius 1 is 1.29 bits per heavy atom. The summed E-state index contributed by atoms with van der Waals surface area (Å²) >= 11 is 0. The van der Waals surface area contributed by atoms with Crippen molar-refractivity contribution < 1.29 is 14.3 Å². The maximum absolute atomic E-state index is 12.6. The Bertz CT molecular complexity index is 582. The first-order valence-corrected chi connectivity index (χ1v) is 8.62. The van der Waals surface area contributed by atoms with Crippen LogP contribution < -0.4 is 5.32 Å². The Morgan fingerprint density at radius 2 is 2.08 bits per heavy atom. The molecule has 1 aromatic heterocycles. The van der Waals surface area contributed by atoms with Crippen molar-refractivity contribution in [3.63, 3.8) is 0 Å². The summed E-state index contributed by atoms with van der Waals surface area (Å²) in [6, 6.07) is -0.162. The molecule has 2 saturated heterocycles. The number of carbonyl (C=O) groups excluding carboxylic acids is 2. The third-order valence-electron chi connectivity index (χ3n) is 4.59. The van der Waals surface area contributed by atoms with Gasteiger partial charge in [-0.05, 0) is 19.8 Å². The molecule has 1 N–H and O–H groups in total. The molecule has 24 heavy (non-hydrogen) atoms. The van der Waals surface area contributed by atoms with Gasteiger partial charge in [0.05, 0.1) is 31.0 Å². The van der Waals surface area contributed by atoms with Gasteiger partial charge in [-0.25, -0.2) is 4.79 Å². The molecule has 132 valence electrons. The maximum Gasteiger partial charge on any atom is 0.321 e. The van der Waals surface area contributed by atoms with Crippen LogP contribution in [0.1, 0.15) is 19.8 Å². The van der Waals surface area contributed by atoms with E-state index < -0.39 is 0 Å². The number of urea groups is 1. The molecular weight excluding hydrogens is 310 g/mol. The molecule has 0 spiro atoms. The van der Waals surface area contributed by atoms with E-state index in [9.17, 15) is 9.59 Å². The molecule has 1 atom stereocenters. The van der Waals surface area contributed by atoms with Gasteiger partial charge in [0.2, 0.25) is 5.91 Å². The van der Waals surface area contributed by atoms with Crippen LogP contribution in [0.5, 0.6) is 0 Å². The van der Waals surface area contributed by atoms with E-state index in [1.807, 2.05) is 11.8 Å². The number of anilines is 1. The van der Waals surface area contributed by atoms with Crippen molar-refractivity contribution >= 4 is 17.6 Å². The van der Waals surface area contributed by atoms with Crippen molar-refractivity contribution in [3.8, 4) is 0 Å². The summed E-state index contributed by atoms with van der Waals surface area (Å²) in [5.41, 5.74) is 0.684. The van der Waals surface area contributed by atoms with Crippen molar-refractivity contribution in [3.05, 3.63) is 12.4 Å². The number of aryl methyl sites for hydroxylation is 1. The van der Waals surface area contributed by atoms with Crippen molar-refractivity contribution in [2.45, 2.75) is 26.3 Å². The van der Waals surface area contributed by atoms with Crippen molar-refractivity contribution in [1.82, 2.24) is 19.6 Å². The Balaban J connectivity index is 1.56. The van der Waals surface area contributed by atoms with Crippen LogP contribution in [-0.2, 0) is 16.1 Å². The Labute approximate surface area is 141 Å². The van der Waals surface area contributed by atoms with Crippen LogP contribution in [0.15, 0.2) is 12.4 Å². The smallest absolute Gasteiger partial charge is 0.321 e. The third kappa shape index (κ3) is 3.87. The van der Waals surface area contributed by atoms with E-state index in [1.54, 1.807) is 22.0 Å². The van der Waals surface area contributed by atoms with E-state index in [0.29, 0.717) is 45.1 Å². The monoisotopic (exact) mass is 335 g/mol. The number of likely N-dealkylation sites (tertiary alicyclic amines) is 1. The summed E-state index contributed by atoms with van der Waals surface area (Å²) in [4.78, 5) is 28.7. The lowest BCUT2D eigenvalue weighted by Gasteiger charge is -2.36. The highest BCUT2D eigenvalue weighted by molar-refractivity contribution is 5.89. The number of rotatable bonds is 3. The summed E-state index contributed by atoms with van der Waals surface area (Å²) in [5, 5.41) is 7.01. The highest BCUT2D eigenvalue weighted by Crippen LogP contribution is 2.20. The van der Waals surface area contributed by atoms with Crippen molar-refractivity contribution in [1.29, 1.82) is 0 Å². The summed E-state index contributed by atoms with van der Waals surface area (Å²) in [6.45, 7) is 6.41. The Hall–Kier alpha value is -2.09. The van der Waals surface area contributed by atoms with Gasteiger partial charge in [-0.15, -0.1) is 0 Å². The molecule has 2 aliphatic rings. The van der Waals surface area contributed by atoms with Crippen LogP contribution in [0, 0.1) is 5.92 Å². The molecular formula is C16H25N5O3. The zero-order valence-electron chi connectivity index (χ0n) is 14.1. The average Bonchev–Trinajstić information content (AvgIpc) is 3.09. The van der Waals surface area contributed by atoms with Gasteiger partial charge in [0.1, 0.15) is 0 Å². The van der Waals surface area contributed by atoms with Gasteiger partial charge in [-0.2, -0.15) is 5.10 Å². The number of amides is 3. The van der Waals surface area contributed by atoms with Crippen molar-refractivity contribution in [2.75, 3.05) is 44.7 Å². The fourth-order valence-corrected chi connectivity index (χ4v) is 3.21. The largest absolute Gasteiger partial charge is 0.378 e. The second-order valence-electron chi connectivity index (χ2n) is 6.24. The summed E-state index contributed by atoms with van der Waals surface area (Å²) in [5.74, 6) is 0.0376. The quantitative estimate of drug-likeness (QED) is 0.894. The first kappa shape index (κ1) is 16.8. The Morgan fingerprint density at radius 3 is 2.79 bits per heavy atom. The molecule has 8 nitrogen and oxygen atoms in total. The molecule has 1 aromatic rings. The SMILES string of the molecule is CCn1cc(NC(=O)N2CCCC(C(=O)N3CCOCC3)C2)cn1. The predicted octanol–water partition coefficient (Wildman–Crippen LogP) is 1.01. The standard InChI is InChI=1S/C16H25N5O3/c1-2-21-12-14(10-17-21)18-16(23)20-5-3-4-13(11-20)15(22)19-6-8-24-9-7-19/h10,12-13H,2-9,11H2,1H3,(H,18,23). The third-order valence-corrected chi connectivity index (χ3v) is 4.59. The van der Waals surface area contributed by atoms with Gasteiger partial charge in [0.15, 0.2) is 0 Å². The fourth-order valence-electron chi connectivity index (χ4n) is 3.21. The number of carbonyl (C=O) groups is 2. The van der Waals surface area contributed by atoms with Crippen molar-refractivity contribution in [2.24, 2.45) is 5.92 Å². The lowest BCUT2D eigenvalue weighted by Crippen LogP contribution is -2.50. The van der Waals surface area contributed by atoms with E-state index in [0.717, 1.165) is 19.4 Å². The molecule has 2 aliphatic heterocycles. The first-order chi connectivity index (χ1) is 11.7. The zero-order chi connectivity index (χ0) is 16.9. The molecule has 0 bridgehead atoms. The summed E-state index contributed by atoms with van der Waals surface area (Å²) < 4.78 is 7.06. The van der Waals surface area contributed by atoms with E-state index >= 15 is 0 Å². The number of hydrogen-bond donors (Lipinski definition) is 1. The minimum absolute atomic E-state index is 0.110. The molecule has 0 aromatic carbocycles. The van der Waals surface area contributed by atoms with E-state index in [-0.39, 0.29) is 17.9 Å². The van der Waals surface area contributed by atoms with Crippen LogP contribution in [0.3, 0.4) is 0 Å². The van der Waals surface area contributed by atoms with Gasteiger partial charge in [0, 0.05) is 38.9 Å².